The van der Waals surface area contributed by atoms with Gasteiger partial charge in [0.1, 0.15) is 6.33 Å². The minimum Gasteiger partial charge on any atom is -0.323 e. The Morgan fingerprint density at radius 1 is 0.348 bits per heavy atom. The zero-order valence-corrected chi connectivity index (χ0v) is 63.8. The van der Waals surface area contributed by atoms with Gasteiger partial charge in [0.25, 0.3) is 16.7 Å². The molecule has 8 aromatic heterocycles. The molecule has 8 rings (SSSR count). The van der Waals surface area contributed by atoms with Gasteiger partial charge in [-0.1, -0.05) is 242 Å². The van der Waals surface area contributed by atoms with Crippen molar-refractivity contribution in [3.05, 3.63) is 196 Å². The van der Waals surface area contributed by atoms with Crippen molar-refractivity contribution in [2.24, 2.45) is 0 Å². The summed E-state index contributed by atoms with van der Waals surface area (Å²) in [7, 11) is 0. The van der Waals surface area contributed by atoms with E-state index in [0.717, 1.165) is 22.6 Å². The molecule has 0 aliphatic heterocycles. The van der Waals surface area contributed by atoms with Gasteiger partial charge in [-0.25, -0.2) is 34.6 Å². The van der Waals surface area contributed by atoms with E-state index in [4.69, 9.17) is 0 Å². The summed E-state index contributed by atoms with van der Waals surface area (Å²) in [5.74, 6) is 0. The normalized spacial score (nSPS) is 10.3. The predicted molar refractivity (Wildman–Crippen MR) is 390 cm³/mol. The van der Waals surface area contributed by atoms with Gasteiger partial charge in [0.2, 0.25) is 0 Å². The zero-order chi connectivity index (χ0) is 73.5. The maximum absolute atomic E-state index is 10.9. The van der Waals surface area contributed by atoms with Crippen LogP contribution in [0.1, 0.15) is 282 Å². The Bertz CT molecular complexity index is 3120. The molecule has 0 amide bonds. The highest BCUT2D eigenvalue weighted by atomic mass is 16.2. The molecule has 520 valence electrons. The molecule has 20 heteroatoms. The Hall–Kier alpha value is -7.90. The molecular formula is C72H127N15O5. The van der Waals surface area contributed by atoms with Crippen molar-refractivity contribution in [1.82, 2.24) is 74.6 Å². The van der Waals surface area contributed by atoms with E-state index in [1.165, 1.54) is 35.3 Å². The van der Waals surface area contributed by atoms with Gasteiger partial charge in [-0.05, 0) is 45.1 Å². The van der Waals surface area contributed by atoms with Gasteiger partial charge in [-0.2, -0.15) is 15.3 Å². The largest absolute Gasteiger partial charge is 0.345 e. The molecule has 0 aliphatic rings. The number of nitrogens with one attached hydrogen (secondary N) is 5. The maximum Gasteiger partial charge on any atom is 0.345 e. The molecule has 0 bridgehead atoms. The Morgan fingerprint density at radius 2 is 0.837 bits per heavy atom. The van der Waals surface area contributed by atoms with Gasteiger partial charge >= 0.3 is 11.4 Å². The number of rotatable bonds is 0. The molecule has 0 unspecified atom stereocenters. The van der Waals surface area contributed by atoms with Crippen LogP contribution in [0.15, 0.2) is 129 Å². The van der Waals surface area contributed by atoms with Gasteiger partial charge in [0.15, 0.2) is 5.65 Å². The molecule has 5 N–H and O–H groups in total. The lowest BCUT2D eigenvalue weighted by Crippen LogP contribution is -2.27. The number of nitrogens with zero attached hydrogens (tertiary/aromatic N) is 10. The highest BCUT2D eigenvalue weighted by Gasteiger charge is 2.19. The average molecular weight is 1280 g/mol. The molecule has 0 aromatic carbocycles. The molecule has 0 saturated carbocycles. The fourth-order valence-corrected chi connectivity index (χ4v) is 6.05. The van der Waals surface area contributed by atoms with Crippen LogP contribution in [0.4, 0.5) is 0 Å². The maximum atomic E-state index is 10.9. The minimum atomic E-state index is -0.451. The molecule has 0 atom stereocenters. The summed E-state index contributed by atoms with van der Waals surface area (Å²) < 4.78 is 2.08. The van der Waals surface area contributed by atoms with E-state index >= 15 is 0 Å². The third-order valence-electron chi connectivity index (χ3n) is 11.0. The summed E-state index contributed by atoms with van der Waals surface area (Å²) in [6.07, 6.45) is 22.4. The summed E-state index contributed by atoms with van der Waals surface area (Å²) in [4.78, 5) is 87.8. The Balaban J connectivity index is -0.000000227. The third kappa shape index (κ3) is 43.0. The number of H-pyrrole nitrogens is 5. The first-order valence-electron chi connectivity index (χ1n) is 32.5. The van der Waals surface area contributed by atoms with Crippen LogP contribution >= 0.6 is 0 Å². The van der Waals surface area contributed by atoms with E-state index in [-0.39, 0.29) is 60.3 Å². The van der Waals surface area contributed by atoms with Crippen LogP contribution in [0, 0.1) is 0 Å². The second-order valence-electron chi connectivity index (χ2n) is 25.4. The van der Waals surface area contributed by atoms with E-state index < -0.39 is 5.69 Å². The van der Waals surface area contributed by atoms with Crippen LogP contribution in [-0.4, -0.2) is 74.6 Å². The minimum absolute atomic E-state index is 0.00125. The van der Waals surface area contributed by atoms with Crippen molar-refractivity contribution in [3.8, 4) is 0 Å². The molecule has 92 heavy (non-hydrogen) atoms. The third-order valence-corrected chi connectivity index (χ3v) is 11.0. The van der Waals surface area contributed by atoms with Crippen molar-refractivity contribution in [2.75, 3.05) is 0 Å². The quantitative estimate of drug-likeness (QED) is 0.0944. The molecular weight excluding hydrogens is 1150 g/mol. The van der Waals surface area contributed by atoms with Gasteiger partial charge in [-0.3, -0.25) is 29.3 Å². The first-order valence-corrected chi connectivity index (χ1v) is 32.5. The van der Waals surface area contributed by atoms with E-state index in [9.17, 15) is 24.0 Å². The van der Waals surface area contributed by atoms with Crippen molar-refractivity contribution in [1.29, 1.82) is 0 Å². The lowest BCUT2D eigenvalue weighted by Gasteiger charge is -2.19. The number of fused-ring (bicyclic) bond motifs is 1. The van der Waals surface area contributed by atoms with E-state index in [1.807, 2.05) is 217 Å². The van der Waals surface area contributed by atoms with E-state index in [2.05, 4.69) is 137 Å². The fraction of sp³-hybridized carbons (Fsp3) is 0.583. The van der Waals surface area contributed by atoms with Crippen molar-refractivity contribution in [2.45, 2.75) is 280 Å². The zero-order valence-electron chi connectivity index (χ0n) is 63.8. The number of imidazole rings is 1. The molecule has 0 radical (unpaired) electrons. The average Bonchev–Trinajstić information content (AvgIpc) is 1.63. The van der Waals surface area contributed by atoms with E-state index in [1.54, 1.807) is 49.6 Å². The molecule has 8 aromatic rings. The summed E-state index contributed by atoms with van der Waals surface area (Å²) >= 11 is 0. The van der Waals surface area contributed by atoms with E-state index in [0.29, 0.717) is 5.69 Å². The SMILES string of the molecule is CC.CC.CC.CC.CC.CC.CC.CC(C)(C)c1cc(=O)[nH]c(=O)[nH]1.CC(C)(C)c1ccnc(=O)[nH]1.CC(C)(C)c1ccnnc1.CC(C)(C)c1cn[nH]c(=O)c1.CC(C)(C)c1cncc(=O)[nH]1.CC(C)(C)c1cncc2nccn12.CC(C)(C)c1cncnc1. The molecule has 0 fully saturated rings. The van der Waals surface area contributed by atoms with Crippen LogP contribution in [-0.2, 0) is 37.9 Å². The summed E-state index contributed by atoms with van der Waals surface area (Å²) in [6.45, 7) is 71.5. The first-order chi connectivity index (χ1) is 42.7. The lowest BCUT2D eigenvalue weighted by atomic mass is 9.89. The second kappa shape index (κ2) is 48.8. The summed E-state index contributed by atoms with van der Waals surface area (Å²) in [6, 6.07) is 6.79. The highest BCUT2D eigenvalue weighted by Crippen LogP contribution is 2.23. The van der Waals surface area contributed by atoms with Crippen molar-refractivity contribution >= 4 is 5.65 Å². The second-order valence-corrected chi connectivity index (χ2v) is 25.4. The molecule has 0 spiro atoms. The van der Waals surface area contributed by atoms with Crippen molar-refractivity contribution in [3.63, 3.8) is 0 Å². The van der Waals surface area contributed by atoms with Crippen LogP contribution in [0.3, 0.4) is 0 Å². The molecule has 0 saturated heterocycles. The van der Waals surface area contributed by atoms with Crippen molar-refractivity contribution < 1.29 is 0 Å². The van der Waals surface area contributed by atoms with Crippen LogP contribution in [0.2, 0.25) is 0 Å². The number of hydrogen-bond acceptors (Lipinski definition) is 14. The standard InChI is InChI=1S/C10H13N3.C8H12N2O2.3C8H12N2O.2C8H12N2.7C2H6/c1-10(2,3)8-6-11-7-9-12-4-5-13(8)9;1-8(2,3)5-4-6(11)10-7(12)9-5;1-8(2,3)6-4-9-5-7(11)10-6;1-8(2,3)6-4-7(11)10-9-5-6;1-8(2,3)6-4-5-9-7(11)10-6;1-8(2,3)7-4-9-6-10-5-7;1-8(2,3)7-4-5-9-10-6-7;7*1-2/h4-7H,1-3H3;4H,1-3H3,(H2,9,10,11,12);2*4-5H,1-3H3,(H,10,11);4-5H,1-3H3,(H,9,10,11);2*4-6H,1-3H3;7*1-2H3. The number of hydrogen-bond donors (Lipinski definition) is 5. The van der Waals surface area contributed by atoms with Crippen LogP contribution < -0.4 is 28.1 Å². The molecule has 20 nitrogen and oxygen atoms in total. The topological polar surface area (TPSA) is 285 Å². The first kappa shape index (κ1) is 95.2. The highest BCUT2D eigenvalue weighted by molar-refractivity contribution is 5.37. The molecule has 8 heterocycles. The number of aromatic nitrogens is 15. The summed E-state index contributed by atoms with van der Waals surface area (Å²) in [5.41, 5.74) is 6.73. The fourth-order valence-electron chi connectivity index (χ4n) is 6.05. The Kier molecular flexibility index (Phi) is 50.5. The van der Waals surface area contributed by atoms with Gasteiger partial charge in [0.05, 0.1) is 24.8 Å². The van der Waals surface area contributed by atoms with Gasteiger partial charge in [-0.15, -0.1) is 0 Å². The predicted octanol–water partition coefficient (Wildman–Crippen LogP) is 16.3. The van der Waals surface area contributed by atoms with Crippen LogP contribution in [0.5, 0.6) is 0 Å². The van der Waals surface area contributed by atoms with Gasteiger partial charge in [0, 0.05) is 106 Å². The number of aromatic amines is 5. The lowest BCUT2D eigenvalue weighted by molar-refractivity contribution is 0.557. The Morgan fingerprint density at radius 3 is 1.18 bits per heavy atom. The summed E-state index contributed by atoms with van der Waals surface area (Å²) in [5, 5.41) is 13.6. The van der Waals surface area contributed by atoms with Gasteiger partial charge < -0.3 is 19.4 Å². The molecule has 0 aliphatic carbocycles. The van der Waals surface area contributed by atoms with Crippen LogP contribution in [0.25, 0.3) is 5.65 Å². The smallest absolute Gasteiger partial charge is 0.323 e. The Labute approximate surface area is 554 Å². The monoisotopic (exact) mass is 1280 g/mol.